The van der Waals surface area contributed by atoms with Crippen LogP contribution in [0.15, 0.2) is 41.2 Å². The zero-order valence-corrected chi connectivity index (χ0v) is 10.6. The predicted octanol–water partition coefficient (Wildman–Crippen LogP) is 2.22. The smallest absolute Gasteiger partial charge is 0.240 e. The van der Waals surface area contributed by atoms with E-state index >= 15 is 0 Å². The van der Waals surface area contributed by atoms with Gasteiger partial charge in [-0.3, -0.25) is 4.98 Å². The average Bonchev–Trinajstić information content (AvgIpc) is 2.85. The number of hydrogen-bond acceptors (Lipinski definition) is 5. The van der Waals surface area contributed by atoms with Crippen molar-refractivity contribution in [1.82, 2.24) is 20.4 Å². The highest BCUT2D eigenvalue weighted by atomic mass is 16.5. The molecule has 5 heteroatoms. The van der Waals surface area contributed by atoms with E-state index in [1.165, 1.54) is 10.9 Å². The van der Waals surface area contributed by atoms with E-state index in [0.717, 1.165) is 11.9 Å². The van der Waals surface area contributed by atoms with Crippen LogP contribution in [0.5, 0.6) is 0 Å². The number of fused-ring (bicyclic) bond motifs is 1. The van der Waals surface area contributed by atoms with Gasteiger partial charge >= 0.3 is 0 Å². The quantitative estimate of drug-likeness (QED) is 0.773. The molecule has 0 spiro atoms. The molecule has 0 atom stereocenters. The van der Waals surface area contributed by atoms with E-state index in [0.29, 0.717) is 18.3 Å². The predicted molar refractivity (Wildman–Crippen MR) is 71.3 cm³/mol. The average molecular weight is 254 g/mol. The Balaban J connectivity index is 1.71. The highest BCUT2D eigenvalue weighted by molar-refractivity contribution is 5.84. The van der Waals surface area contributed by atoms with Crippen molar-refractivity contribution in [2.24, 2.45) is 0 Å². The van der Waals surface area contributed by atoms with E-state index in [1.807, 2.05) is 31.5 Å². The SMILES string of the molecule is Cc1noc(CNCc2cccc3cnccc23)n1. The molecule has 5 nitrogen and oxygen atoms in total. The monoisotopic (exact) mass is 254 g/mol. The molecule has 2 aromatic heterocycles. The number of aromatic nitrogens is 3. The highest BCUT2D eigenvalue weighted by Crippen LogP contribution is 2.17. The Kier molecular flexibility index (Phi) is 3.20. The van der Waals surface area contributed by atoms with Gasteiger partial charge in [0, 0.05) is 24.3 Å². The minimum absolute atomic E-state index is 0.572. The van der Waals surface area contributed by atoms with Crippen LogP contribution in [-0.2, 0) is 13.1 Å². The third-order valence-corrected chi connectivity index (χ3v) is 2.93. The van der Waals surface area contributed by atoms with E-state index in [4.69, 9.17) is 4.52 Å². The zero-order chi connectivity index (χ0) is 13.1. The van der Waals surface area contributed by atoms with Crippen molar-refractivity contribution in [1.29, 1.82) is 0 Å². The first-order valence-electron chi connectivity index (χ1n) is 6.14. The van der Waals surface area contributed by atoms with Crippen LogP contribution in [0.3, 0.4) is 0 Å². The molecule has 0 fully saturated rings. The Morgan fingerprint density at radius 3 is 3.00 bits per heavy atom. The van der Waals surface area contributed by atoms with Crippen molar-refractivity contribution in [3.8, 4) is 0 Å². The third-order valence-electron chi connectivity index (χ3n) is 2.93. The fourth-order valence-electron chi connectivity index (χ4n) is 2.06. The molecule has 0 amide bonds. The number of aryl methyl sites for hydroxylation is 1. The number of rotatable bonds is 4. The van der Waals surface area contributed by atoms with Crippen molar-refractivity contribution in [2.75, 3.05) is 0 Å². The molecule has 96 valence electrons. The molecule has 3 rings (SSSR count). The fraction of sp³-hybridized carbons (Fsp3) is 0.214. The molecule has 2 heterocycles. The first-order chi connectivity index (χ1) is 9.33. The van der Waals surface area contributed by atoms with E-state index in [-0.39, 0.29) is 0 Å². The molecule has 0 aliphatic carbocycles. The second kappa shape index (κ2) is 5.16. The van der Waals surface area contributed by atoms with Gasteiger partial charge in [-0.15, -0.1) is 0 Å². The molecule has 0 unspecified atom stereocenters. The Morgan fingerprint density at radius 2 is 2.16 bits per heavy atom. The van der Waals surface area contributed by atoms with Crippen molar-refractivity contribution in [3.63, 3.8) is 0 Å². The van der Waals surface area contributed by atoms with Crippen molar-refractivity contribution in [3.05, 3.63) is 53.9 Å². The maximum absolute atomic E-state index is 5.06. The van der Waals surface area contributed by atoms with E-state index in [1.54, 1.807) is 0 Å². The third kappa shape index (κ3) is 2.61. The van der Waals surface area contributed by atoms with Gasteiger partial charge in [0.2, 0.25) is 5.89 Å². The summed E-state index contributed by atoms with van der Waals surface area (Å²) in [6, 6.07) is 8.24. The normalized spacial score (nSPS) is 11.0. The van der Waals surface area contributed by atoms with Gasteiger partial charge < -0.3 is 9.84 Å². The lowest BCUT2D eigenvalue weighted by molar-refractivity contribution is 0.364. The van der Waals surface area contributed by atoms with Gasteiger partial charge in [-0.2, -0.15) is 4.98 Å². The summed E-state index contributed by atoms with van der Waals surface area (Å²) in [5, 5.41) is 9.43. The molecule has 1 N–H and O–H groups in total. The van der Waals surface area contributed by atoms with E-state index < -0.39 is 0 Å². The first-order valence-corrected chi connectivity index (χ1v) is 6.14. The summed E-state index contributed by atoms with van der Waals surface area (Å²) in [4.78, 5) is 8.28. The van der Waals surface area contributed by atoms with Crippen molar-refractivity contribution >= 4 is 10.8 Å². The summed E-state index contributed by atoms with van der Waals surface area (Å²) in [6.45, 7) is 3.13. The Morgan fingerprint density at radius 1 is 1.21 bits per heavy atom. The maximum atomic E-state index is 5.06. The molecule has 0 saturated heterocycles. The van der Waals surface area contributed by atoms with Gasteiger partial charge in [-0.25, -0.2) is 0 Å². The summed E-state index contributed by atoms with van der Waals surface area (Å²) >= 11 is 0. The maximum Gasteiger partial charge on any atom is 0.240 e. The number of nitrogens with one attached hydrogen (secondary N) is 1. The molecular weight excluding hydrogens is 240 g/mol. The fourth-order valence-corrected chi connectivity index (χ4v) is 2.06. The Bertz CT molecular complexity index is 687. The Hall–Kier alpha value is -2.27. The second-order valence-electron chi connectivity index (χ2n) is 4.35. The molecule has 0 aliphatic rings. The van der Waals surface area contributed by atoms with Crippen LogP contribution in [0.2, 0.25) is 0 Å². The molecule has 0 radical (unpaired) electrons. The van der Waals surface area contributed by atoms with Crippen LogP contribution in [0.1, 0.15) is 17.3 Å². The van der Waals surface area contributed by atoms with Gasteiger partial charge in [0.25, 0.3) is 0 Å². The highest BCUT2D eigenvalue weighted by Gasteiger charge is 2.03. The standard InChI is InChI=1S/C14H14N4O/c1-10-17-14(19-18-10)9-16-8-12-4-2-3-11-7-15-6-5-13(11)12/h2-7,16H,8-9H2,1H3. The molecule has 0 bridgehead atoms. The van der Waals surface area contributed by atoms with Crippen LogP contribution in [-0.4, -0.2) is 15.1 Å². The van der Waals surface area contributed by atoms with Crippen LogP contribution in [0.25, 0.3) is 10.8 Å². The lowest BCUT2D eigenvalue weighted by atomic mass is 10.1. The lowest BCUT2D eigenvalue weighted by Gasteiger charge is -2.06. The number of pyridine rings is 1. The zero-order valence-electron chi connectivity index (χ0n) is 10.6. The van der Waals surface area contributed by atoms with Gasteiger partial charge in [0.05, 0.1) is 6.54 Å². The number of nitrogens with zero attached hydrogens (tertiary/aromatic N) is 3. The molecule has 19 heavy (non-hydrogen) atoms. The van der Waals surface area contributed by atoms with Crippen LogP contribution < -0.4 is 5.32 Å². The lowest BCUT2D eigenvalue weighted by Crippen LogP contribution is -2.13. The minimum atomic E-state index is 0.572. The van der Waals surface area contributed by atoms with Gasteiger partial charge in [-0.05, 0) is 23.9 Å². The van der Waals surface area contributed by atoms with Crippen molar-refractivity contribution in [2.45, 2.75) is 20.0 Å². The van der Waals surface area contributed by atoms with E-state index in [9.17, 15) is 0 Å². The second-order valence-corrected chi connectivity index (χ2v) is 4.35. The topological polar surface area (TPSA) is 63.8 Å². The van der Waals surface area contributed by atoms with Crippen LogP contribution in [0, 0.1) is 6.92 Å². The van der Waals surface area contributed by atoms with Gasteiger partial charge in [0.1, 0.15) is 0 Å². The van der Waals surface area contributed by atoms with Crippen LogP contribution >= 0.6 is 0 Å². The number of benzene rings is 1. The largest absolute Gasteiger partial charge is 0.338 e. The molecular formula is C14H14N4O. The van der Waals surface area contributed by atoms with Crippen LogP contribution in [0.4, 0.5) is 0 Å². The van der Waals surface area contributed by atoms with Crippen molar-refractivity contribution < 1.29 is 4.52 Å². The number of hydrogen-bond donors (Lipinski definition) is 1. The summed E-state index contributed by atoms with van der Waals surface area (Å²) in [6.07, 6.45) is 3.69. The van der Waals surface area contributed by atoms with Gasteiger partial charge in [-0.1, -0.05) is 23.4 Å². The van der Waals surface area contributed by atoms with E-state index in [2.05, 4.69) is 32.6 Å². The summed E-state index contributed by atoms with van der Waals surface area (Å²) < 4.78 is 5.06. The molecule has 3 aromatic rings. The summed E-state index contributed by atoms with van der Waals surface area (Å²) in [5.41, 5.74) is 1.23. The van der Waals surface area contributed by atoms with Gasteiger partial charge in [0.15, 0.2) is 5.82 Å². The molecule has 0 aliphatic heterocycles. The minimum Gasteiger partial charge on any atom is -0.338 e. The molecule has 0 saturated carbocycles. The molecule has 1 aromatic carbocycles. The Labute approximate surface area is 110 Å². The summed E-state index contributed by atoms with van der Waals surface area (Å²) in [7, 11) is 0. The summed E-state index contributed by atoms with van der Waals surface area (Å²) in [5.74, 6) is 1.27. The first kappa shape index (κ1) is 11.8.